The van der Waals surface area contributed by atoms with Gasteiger partial charge in [-0.25, -0.2) is 0 Å². The van der Waals surface area contributed by atoms with E-state index in [0.717, 1.165) is 5.76 Å². The molecule has 1 atom stereocenters. The van der Waals surface area contributed by atoms with Gasteiger partial charge in [0.2, 0.25) is 0 Å². The number of ether oxygens (including phenoxy) is 1. The molecule has 0 heterocycles. The van der Waals surface area contributed by atoms with Gasteiger partial charge < -0.3 is 9.84 Å². The van der Waals surface area contributed by atoms with Crippen LogP contribution in [0.1, 0.15) is 25.5 Å². The lowest BCUT2D eigenvalue weighted by Gasteiger charge is -2.12. The minimum atomic E-state index is -1.13. The highest BCUT2D eigenvalue weighted by molar-refractivity contribution is 5.36. The molecule has 3 nitrogen and oxygen atoms in total. The van der Waals surface area contributed by atoms with Gasteiger partial charge in [-0.15, -0.1) is 0 Å². The lowest BCUT2D eigenvalue weighted by molar-refractivity contribution is 0.235. The van der Waals surface area contributed by atoms with Crippen molar-refractivity contribution in [2.45, 2.75) is 20.0 Å². The van der Waals surface area contributed by atoms with Crippen LogP contribution in [0.3, 0.4) is 0 Å². The second-order valence-electron chi connectivity index (χ2n) is 5.29. The van der Waals surface area contributed by atoms with Crippen LogP contribution in [0.5, 0.6) is 5.75 Å². The van der Waals surface area contributed by atoms with Crippen LogP contribution in [0.4, 0.5) is 0 Å². The van der Waals surface area contributed by atoms with Crippen LogP contribution in [-0.4, -0.2) is 5.11 Å². The van der Waals surface area contributed by atoms with Crippen molar-refractivity contribution in [2.24, 2.45) is 5.41 Å². The number of allylic oxidation sites excluding steroid dienone is 5. The predicted octanol–water partition coefficient (Wildman–Crippen LogP) is 3.66. The number of aliphatic hydroxyl groups is 1. The Bertz CT molecular complexity index is 618. The summed E-state index contributed by atoms with van der Waals surface area (Å²) in [6, 6.07) is 8.71. The Hall–Kier alpha value is -2.31. The number of nitrogens with zero attached hydrogens (tertiary/aromatic N) is 1. The summed E-state index contributed by atoms with van der Waals surface area (Å²) in [6.45, 7) is 4.22. The third-order valence-electron chi connectivity index (χ3n) is 3.00. The first-order valence-electron chi connectivity index (χ1n) is 6.44. The number of aliphatic hydroxyl groups excluding tert-OH is 1. The maximum atomic E-state index is 9.52. The van der Waals surface area contributed by atoms with Crippen molar-refractivity contribution < 1.29 is 9.84 Å². The van der Waals surface area contributed by atoms with Gasteiger partial charge in [-0.1, -0.05) is 44.2 Å². The van der Waals surface area contributed by atoms with Crippen LogP contribution < -0.4 is 4.74 Å². The molecule has 1 aromatic carbocycles. The summed E-state index contributed by atoms with van der Waals surface area (Å²) in [7, 11) is 0. The second kappa shape index (κ2) is 5.77. The van der Waals surface area contributed by atoms with Gasteiger partial charge in [0.1, 0.15) is 11.5 Å². The summed E-state index contributed by atoms with van der Waals surface area (Å²) in [5, 5.41) is 18.2. The Morgan fingerprint density at radius 1 is 1.30 bits per heavy atom. The van der Waals surface area contributed by atoms with Gasteiger partial charge in [0.15, 0.2) is 6.10 Å². The van der Waals surface area contributed by atoms with Gasteiger partial charge in [0.25, 0.3) is 0 Å². The SMILES string of the molecule is CC1(C)C=CC=C(Oc2cccc(C(O)C#N)c2)C=C1. The van der Waals surface area contributed by atoms with E-state index in [2.05, 4.69) is 26.0 Å². The fourth-order valence-electron chi connectivity index (χ4n) is 1.83. The first-order valence-corrected chi connectivity index (χ1v) is 6.44. The molecule has 0 aromatic heterocycles. The Balaban J connectivity index is 2.18. The molecular formula is C17H17NO2. The van der Waals surface area contributed by atoms with Crippen molar-refractivity contribution in [1.82, 2.24) is 0 Å². The molecule has 3 heteroatoms. The second-order valence-corrected chi connectivity index (χ2v) is 5.29. The monoisotopic (exact) mass is 267 g/mol. The van der Waals surface area contributed by atoms with Crippen molar-refractivity contribution in [1.29, 1.82) is 5.26 Å². The molecule has 0 spiro atoms. The van der Waals surface area contributed by atoms with Crippen LogP contribution >= 0.6 is 0 Å². The molecule has 0 bridgehead atoms. The smallest absolute Gasteiger partial charge is 0.166 e. The van der Waals surface area contributed by atoms with Gasteiger partial charge >= 0.3 is 0 Å². The van der Waals surface area contributed by atoms with E-state index >= 15 is 0 Å². The third-order valence-corrected chi connectivity index (χ3v) is 3.00. The van der Waals surface area contributed by atoms with E-state index < -0.39 is 6.10 Å². The molecule has 0 radical (unpaired) electrons. The summed E-state index contributed by atoms with van der Waals surface area (Å²) < 4.78 is 5.77. The molecule has 1 aliphatic carbocycles. The normalized spacial score (nSPS) is 17.8. The van der Waals surface area contributed by atoms with Crippen LogP contribution in [-0.2, 0) is 0 Å². The topological polar surface area (TPSA) is 53.2 Å². The Labute approximate surface area is 119 Å². The van der Waals surface area contributed by atoms with E-state index in [9.17, 15) is 5.11 Å². The lowest BCUT2D eigenvalue weighted by atomic mass is 9.93. The summed E-state index contributed by atoms with van der Waals surface area (Å²) in [4.78, 5) is 0. The summed E-state index contributed by atoms with van der Waals surface area (Å²) >= 11 is 0. The maximum Gasteiger partial charge on any atom is 0.166 e. The van der Waals surface area contributed by atoms with Crippen LogP contribution in [0, 0.1) is 16.7 Å². The molecule has 0 aliphatic heterocycles. The van der Waals surface area contributed by atoms with E-state index in [-0.39, 0.29) is 5.41 Å². The molecule has 0 saturated carbocycles. The van der Waals surface area contributed by atoms with Crippen molar-refractivity contribution in [3.63, 3.8) is 0 Å². The number of benzene rings is 1. The largest absolute Gasteiger partial charge is 0.457 e. The molecule has 0 saturated heterocycles. The molecule has 2 rings (SSSR count). The number of hydrogen-bond donors (Lipinski definition) is 1. The minimum absolute atomic E-state index is 0.000457. The summed E-state index contributed by atoms with van der Waals surface area (Å²) in [6.07, 6.45) is 8.80. The zero-order valence-corrected chi connectivity index (χ0v) is 11.6. The molecule has 0 amide bonds. The van der Waals surface area contributed by atoms with Crippen LogP contribution in [0.2, 0.25) is 0 Å². The van der Waals surface area contributed by atoms with E-state index in [1.807, 2.05) is 18.2 Å². The molecule has 1 aliphatic rings. The quantitative estimate of drug-likeness (QED) is 0.850. The Morgan fingerprint density at radius 2 is 2.10 bits per heavy atom. The number of hydrogen-bond acceptors (Lipinski definition) is 3. The Morgan fingerprint density at radius 3 is 2.85 bits per heavy atom. The number of rotatable bonds is 3. The third kappa shape index (κ3) is 3.59. The fourth-order valence-corrected chi connectivity index (χ4v) is 1.83. The molecule has 1 unspecified atom stereocenters. The van der Waals surface area contributed by atoms with Gasteiger partial charge in [-0.3, -0.25) is 0 Å². The molecular weight excluding hydrogens is 250 g/mol. The predicted molar refractivity (Wildman–Crippen MR) is 77.8 cm³/mol. The molecule has 0 fully saturated rings. The molecule has 102 valence electrons. The van der Waals surface area contributed by atoms with Gasteiger partial charge in [-0.05, 0) is 29.8 Å². The van der Waals surface area contributed by atoms with Gasteiger partial charge in [0.05, 0.1) is 6.07 Å². The molecule has 1 N–H and O–H groups in total. The summed E-state index contributed by atoms with van der Waals surface area (Å²) in [5.74, 6) is 1.32. The zero-order chi connectivity index (χ0) is 14.6. The lowest BCUT2D eigenvalue weighted by Crippen LogP contribution is -2.01. The standard InChI is InChI=1S/C17H17NO2/c1-17(2)9-4-7-14(8-10-17)20-15-6-3-5-13(11-15)16(19)12-18/h3-11,16,19H,1-2H3. The minimum Gasteiger partial charge on any atom is -0.457 e. The zero-order valence-electron chi connectivity index (χ0n) is 11.6. The average molecular weight is 267 g/mol. The summed E-state index contributed by atoms with van der Waals surface area (Å²) in [5.41, 5.74) is 0.527. The van der Waals surface area contributed by atoms with E-state index in [1.165, 1.54) is 0 Å². The van der Waals surface area contributed by atoms with E-state index in [4.69, 9.17) is 10.00 Å². The van der Waals surface area contributed by atoms with Crippen molar-refractivity contribution in [3.8, 4) is 11.8 Å². The van der Waals surface area contributed by atoms with Crippen molar-refractivity contribution in [2.75, 3.05) is 0 Å². The highest BCUT2D eigenvalue weighted by Gasteiger charge is 2.12. The maximum absolute atomic E-state index is 9.52. The van der Waals surface area contributed by atoms with Crippen molar-refractivity contribution in [3.05, 3.63) is 66.0 Å². The van der Waals surface area contributed by atoms with E-state index in [0.29, 0.717) is 11.3 Å². The Kier molecular flexibility index (Phi) is 4.07. The van der Waals surface area contributed by atoms with Gasteiger partial charge in [0, 0.05) is 5.41 Å². The van der Waals surface area contributed by atoms with E-state index in [1.54, 1.807) is 30.3 Å². The first kappa shape index (κ1) is 14.1. The highest BCUT2D eigenvalue weighted by atomic mass is 16.5. The molecule has 1 aromatic rings. The number of nitriles is 1. The van der Waals surface area contributed by atoms with Crippen LogP contribution in [0.15, 0.2) is 60.4 Å². The average Bonchev–Trinajstić information content (AvgIpc) is 2.60. The highest BCUT2D eigenvalue weighted by Crippen LogP contribution is 2.25. The van der Waals surface area contributed by atoms with Crippen molar-refractivity contribution >= 4 is 0 Å². The first-order chi connectivity index (χ1) is 9.50. The van der Waals surface area contributed by atoms with Gasteiger partial charge in [-0.2, -0.15) is 5.26 Å². The fraction of sp³-hybridized carbons (Fsp3) is 0.235. The molecule has 20 heavy (non-hydrogen) atoms. The van der Waals surface area contributed by atoms with Crippen LogP contribution in [0.25, 0.3) is 0 Å².